The third kappa shape index (κ3) is 5.13. The summed E-state index contributed by atoms with van der Waals surface area (Å²) < 4.78 is 0. The van der Waals surface area contributed by atoms with Crippen molar-refractivity contribution < 1.29 is 9.59 Å². The summed E-state index contributed by atoms with van der Waals surface area (Å²) in [5.41, 5.74) is 1.93. The summed E-state index contributed by atoms with van der Waals surface area (Å²) in [4.78, 5) is 27.0. The normalized spacial score (nSPS) is 11.9. The Morgan fingerprint density at radius 1 is 1.00 bits per heavy atom. The molecule has 0 aliphatic heterocycles. The summed E-state index contributed by atoms with van der Waals surface area (Å²) >= 11 is 12.1. The Kier molecular flexibility index (Phi) is 7.35. The van der Waals surface area contributed by atoms with E-state index in [4.69, 9.17) is 23.2 Å². The Bertz CT molecular complexity index is 1060. The average Bonchev–Trinajstić information content (AvgIpc) is 2.77. The van der Waals surface area contributed by atoms with Crippen molar-refractivity contribution in [3.63, 3.8) is 0 Å². The van der Waals surface area contributed by atoms with Crippen LogP contribution in [0.3, 0.4) is 0 Å². The SMILES string of the molecule is CNC(=O)[C@H](C)N(Cc1ccc(Cl)c(Cl)c1)C(=O)CCc1cccc2ccccc12. The minimum atomic E-state index is -0.607. The Hall–Kier alpha value is -2.56. The summed E-state index contributed by atoms with van der Waals surface area (Å²) in [5, 5.41) is 5.79. The van der Waals surface area contributed by atoms with Crippen LogP contribution in [0.2, 0.25) is 10.0 Å². The van der Waals surface area contributed by atoms with Gasteiger partial charge in [-0.05, 0) is 47.4 Å². The molecule has 3 aromatic rings. The van der Waals surface area contributed by atoms with Gasteiger partial charge in [-0.15, -0.1) is 0 Å². The quantitative estimate of drug-likeness (QED) is 0.543. The van der Waals surface area contributed by atoms with Crippen LogP contribution in [0.15, 0.2) is 60.7 Å². The second-order valence-electron chi connectivity index (χ2n) is 7.20. The number of hydrogen-bond acceptors (Lipinski definition) is 2. The fourth-order valence-electron chi connectivity index (χ4n) is 3.52. The Morgan fingerprint density at radius 3 is 2.47 bits per heavy atom. The van der Waals surface area contributed by atoms with Crippen LogP contribution in [0.25, 0.3) is 10.8 Å². The monoisotopic (exact) mass is 442 g/mol. The van der Waals surface area contributed by atoms with Gasteiger partial charge < -0.3 is 10.2 Å². The van der Waals surface area contributed by atoms with E-state index in [1.807, 2.05) is 30.3 Å². The van der Waals surface area contributed by atoms with Gasteiger partial charge in [-0.3, -0.25) is 9.59 Å². The van der Waals surface area contributed by atoms with Crippen molar-refractivity contribution in [3.8, 4) is 0 Å². The number of aryl methyl sites for hydroxylation is 1. The summed E-state index contributed by atoms with van der Waals surface area (Å²) in [6.07, 6.45) is 0.898. The zero-order valence-electron chi connectivity index (χ0n) is 17.0. The Morgan fingerprint density at radius 2 is 1.73 bits per heavy atom. The van der Waals surface area contributed by atoms with Crippen LogP contribution in [-0.2, 0) is 22.6 Å². The molecule has 0 aromatic heterocycles. The van der Waals surface area contributed by atoms with Gasteiger partial charge in [0.1, 0.15) is 6.04 Å². The lowest BCUT2D eigenvalue weighted by Gasteiger charge is -2.28. The van der Waals surface area contributed by atoms with E-state index in [1.165, 1.54) is 0 Å². The van der Waals surface area contributed by atoms with Crippen LogP contribution < -0.4 is 5.32 Å². The number of carbonyl (C=O) groups excluding carboxylic acids is 2. The van der Waals surface area contributed by atoms with E-state index < -0.39 is 6.04 Å². The molecule has 1 atom stereocenters. The maximum atomic E-state index is 13.2. The molecule has 0 heterocycles. The molecule has 6 heteroatoms. The number of nitrogens with zero attached hydrogens (tertiary/aromatic N) is 1. The number of rotatable bonds is 7. The van der Waals surface area contributed by atoms with E-state index in [-0.39, 0.29) is 18.4 Å². The lowest BCUT2D eigenvalue weighted by molar-refractivity contribution is -0.140. The number of carbonyl (C=O) groups is 2. The molecule has 0 aliphatic rings. The standard InChI is InChI=1S/C24H24Cl2N2O2/c1-16(24(30)27-2)28(15-17-10-12-21(25)22(26)14-17)23(29)13-11-19-8-5-7-18-6-3-4-9-20(18)19/h3-10,12,14,16H,11,13,15H2,1-2H3,(H,27,30)/t16-/m0/s1. The van der Waals surface area contributed by atoms with Crippen molar-refractivity contribution in [3.05, 3.63) is 81.8 Å². The molecule has 0 saturated heterocycles. The molecule has 1 N–H and O–H groups in total. The van der Waals surface area contributed by atoms with Crippen LogP contribution in [0.1, 0.15) is 24.5 Å². The van der Waals surface area contributed by atoms with Crippen LogP contribution in [-0.4, -0.2) is 29.8 Å². The molecule has 0 saturated carbocycles. The zero-order chi connectivity index (χ0) is 21.7. The highest BCUT2D eigenvalue weighted by molar-refractivity contribution is 6.42. The van der Waals surface area contributed by atoms with Crippen LogP contribution in [0.5, 0.6) is 0 Å². The van der Waals surface area contributed by atoms with Gasteiger partial charge in [-0.1, -0.05) is 71.7 Å². The predicted molar refractivity (Wildman–Crippen MR) is 123 cm³/mol. The zero-order valence-corrected chi connectivity index (χ0v) is 18.5. The molecular weight excluding hydrogens is 419 g/mol. The topological polar surface area (TPSA) is 49.4 Å². The maximum Gasteiger partial charge on any atom is 0.242 e. The van der Waals surface area contributed by atoms with Crippen molar-refractivity contribution in [2.45, 2.75) is 32.4 Å². The minimum absolute atomic E-state index is 0.0925. The Balaban J connectivity index is 1.80. The minimum Gasteiger partial charge on any atom is -0.357 e. The van der Waals surface area contributed by atoms with Gasteiger partial charge in [0.2, 0.25) is 11.8 Å². The number of nitrogens with one attached hydrogen (secondary N) is 1. The van der Waals surface area contributed by atoms with Crippen molar-refractivity contribution in [1.29, 1.82) is 0 Å². The lowest BCUT2D eigenvalue weighted by atomic mass is 10.0. The highest BCUT2D eigenvalue weighted by Crippen LogP contribution is 2.24. The van der Waals surface area contributed by atoms with Gasteiger partial charge >= 0.3 is 0 Å². The van der Waals surface area contributed by atoms with Gasteiger partial charge in [0.25, 0.3) is 0 Å². The van der Waals surface area contributed by atoms with Crippen molar-refractivity contribution in [2.24, 2.45) is 0 Å². The summed E-state index contributed by atoms with van der Waals surface area (Å²) in [5.74, 6) is -0.307. The number of likely N-dealkylation sites (N-methyl/N-ethyl adjacent to an activating group) is 1. The summed E-state index contributed by atoms with van der Waals surface area (Å²) in [6, 6.07) is 18.9. The van der Waals surface area contributed by atoms with E-state index in [0.29, 0.717) is 22.9 Å². The molecule has 0 radical (unpaired) electrons. The van der Waals surface area contributed by atoms with E-state index in [1.54, 1.807) is 31.0 Å². The van der Waals surface area contributed by atoms with E-state index in [9.17, 15) is 9.59 Å². The second-order valence-corrected chi connectivity index (χ2v) is 8.01. The molecule has 30 heavy (non-hydrogen) atoms. The highest BCUT2D eigenvalue weighted by atomic mass is 35.5. The third-order valence-electron chi connectivity index (χ3n) is 5.24. The molecule has 0 bridgehead atoms. The predicted octanol–water partition coefficient (Wildman–Crippen LogP) is 5.24. The lowest BCUT2D eigenvalue weighted by Crippen LogP contribution is -2.46. The number of benzene rings is 3. The Labute approximate surface area is 186 Å². The third-order valence-corrected chi connectivity index (χ3v) is 5.98. The second kappa shape index (κ2) is 9.96. The molecule has 0 aliphatic carbocycles. The largest absolute Gasteiger partial charge is 0.357 e. The molecule has 4 nitrogen and oxygen atoms in total. The first-order valence-corrected chi connectivity index (χ1v) is 10.6. The van der Waals surface area contributed by atoms with Gasteiger partial charge in [0.15, 0.2) is 0 Å². The number of halogens is 2. The van der Waals surface area contributed by atoms with Crippen molar-refractivity contribution in [2.75, 3.05) is 7.05 Å². The fourth-order valence-corrected chi connectivity index (χ4v) is 3.84. The molecule has 2 amide bonds. The van der Waals surface area contributed by atoms with Gasteiger partial charge in [0.05, 0.1) is 10.0 Å². The summed E-state index contributed by atoms with van der Waals surface area (Å²) in [6.45, 7) is 2.01. The number of amides is 2. The number of hydrogen-bond donors (Lipinski definition) is 1. The van der Waals surface area contributed by atoms with Gasteiger partial charge in [-0.2, -0.15) is 0 Å². The summed E-state index contributed by atoms with van der Waals surface area (Å²) in [7, 11) is 1.57. The first kappa shape index (κ1) is 22.1. The molecular formula is C24H24Cl2N2O2. The highest BCUT2D eigenvalue weighted by Gasteiger charge is 2.25. The van der Waals surface area contributed by atoms with Gasteiger partial charge in [0, 0.05) is 20.0 Å². The molecule has 0 fully saturated rings. The van der Waals surface area contributed by atoms with Crippen LogP contribution >= 0.6 is 23.2 Å². The molecule has 3 rings (SSSR count). The van der Waals surface area contributed by atoms with Crippen LogP contribution in [0.4, 0.5) is 0 Å². The van der Waals surface area contributed by atoms with Crippen LogP contribution in [0, 0.1) is 0 Å². The molecule has 156 valence electrons. The fraction of sp³-hybridized carbons (Fsp3) is 0.250. The van der Waals surface area contributed by atoms with E-state index >= 15 is 0 Å². The van der Waals surface area contributed by atoms with Crippen molar-refractivity contribution >= 4 is 45.8 Å². The van der Waals surface area contributed by atoms with E-state index in [0.717, 1.165) is 21.9 Å². The first-order chi connectivity index (χ1) is 14.4. The first-order valence-electron chi connectivity index (χ1n) is 9.82. The maximum absolute atomic E-state index is 13.2. The molecule has 3 aromatic carbocycles. The molecule has 0 unspecified atom stereocenters. The molecule has 0 spiro atoms. The number of fused-ring (bicyclic) bond motifs is 1. The smallest absolute Gasteiger partial charge is 0.242 e. The van der Waals surface area contributed by atoms with E-state index in [2.05, 4.69) is 23.5 Å². The van der Waals surface area contributed by atoms with Gasteiger partial charge in [-0.25, -0.2) is 0 Å². The average molecular weight is 443 g/mol. The van der Waals surface area contributed by atoms with Crippen molar-refractivity contribution in [1.82, 2.24) is 10.2 Å².